The van der Waals surface area contributed by atoms with Crippen LogP contribution in [0.1, 0.15) is 11.1 Å². The van der Waals surface area contributed by atoms with E-state index in [9.17, 15) is 0 Å². The van der Waals surface area contributed by atoms with Gasteiger partial charge in [0, 0.05) is 22.9 Å². The maximum absolute atomic E-state index is 5.47. The molecule has 4 rings (SSSR count). The molecule has 122 valence electrons. The van der Waals surface area contributed by atoms with Gasteiger partial charge in [0.25, 0.3) is 0 Å². The number of aromatic nitrogens is 2. The third kappa shape index (κ3) is 3.05. The van der Waals surface area contributed by atoms with Crippen molar-refractivity contribution in [2.45, 2.75) is 6.54 Å². The van der Waals surface area contributed by atoms with Crippen LogP contribution in [0.4, 0.5) is 0 Å². The lowest BCUT2D eigenvalue weighted by Crippen LogP contribution is -2.04. The fourth-order valence-corrected chi connectivity index (χ4v) is 3.77. The second kappa shape index (κ2) is 6.71. The molecule has 1 aromatic heterocycles. The van der Waals surface area contributed by atoms with Gasteiger partial charge in [0.05, 0.1) is 31.0 Å². The molecule has 3 aromatic rings. The van der Waals surface area contributed by atoms with Crippen molar-refractivity contribution < 1.29 is 4.74 Å². The number of benzene rings is 2. The smallest absolute Gasteiger partial charge is 0.123 e. The van der Waals surface area contributed by atoms with Gasteiger partial charge >= 0.3 is 0 Å². The zero-order valence-electron chi connectivity index (χ0n) is 13.5. The van der Waals surface area contributed by atoms with Gasteiger partial charge in [0.15, 0.2) is 0 Å². The molecule has 1 N–H and O–H groups in total. The molecule has 1 aliphatic rings. The number of methoxy groups -OCH3 is 1. The van der Waals surface area contributed by atoms with Crippen LogP contribution in [0, 0.1) is 0 Å². The molecule has 1 aliphatic heterocycles. The molecule has 0 aliphatic carbocycles. The van der Waals surface area contributed by atoms with E-state index in [0.717, 1.165) is 41.3 Å². The van der Waals surface area contributed by atoms with Gasteiger partial charge in [0.2, 0.25) is 0 Å². The number of nitrogens with zero attached hydrogens (tertiary/aromatic N) is 2. The van der Waals surface area contributed by atoms with Crippen LogP contribution < -0.4 is 10.1 Å². The summed E-state index contributed by atoms with van der Waals surface area (Å²) >= 11 is 1.87. The van der Waals surface area contributed by atoms with Crippen LogP contribution in [0.25, 0.3) is 17.1 Å². The molecule has 4 nitrogen and oxygen atoms in total. The Morgan fingerprint density at radius 1 is 1.29 bits per heavy atom. The number of thioether (sulfide) groups is 1. The summed E-state index contributed by atoms with van der Waals surface area (Å²) in [7, 11) is 1.71. The first-order valence-electron chi connectivity index (χ1n) is 7.94. The first kappa shape index (κ1) is 15.3. The Balaban J connectivity index is 1.69. The van der Waals surface area contributed by atoms with E-state index in [4.69, 9.17) is 4.74 Å². The summed E-state index contributed by atoms with van der Waals surface area (Å²) in [4.78, 5) is 5.91. The Hall–Kier alpha value is -2.24. The van der Waals surface area contributed by atoms with E-state index in [1.807, 2.05) is 36.3 Å². The minimum atomic E-state index is 0.747. The van der Waals surface area contributed by atoms with Crippen LogP contribution in [0.3, 0.4) is 0 Å². The van der Waals surface area contributed by atoms with Gasteiger partial charge in [-0.3, -0.25) is 0 Å². The number of nitrogens with one attached hydrogen (secondary N) is 1. The first-order valence-corrected chi connectivity index (χ1v) is 8.93. The molecule has 5 heteroatoms. The van der Waals surface area contributed by atoms with Crippen molar-refractivity contribution in [2.75, 3.05) is 19.5 Å². The Morgan fingerprint density at radius 3 is 3.04 bits per heavy atom. The highest BCUT2D eigenvalue weighted by atomic mass is 32.2. The van der Waals surface area contributed by atoms with E-state index in [0.29, 0.717) is 0 Å². The number of rotatable bonds is 4. The van der Waals surface area contributed by atoms with Crippen LogP contribution in [-0.4, -0.2) is 29.1 Å². The molecule has 1 fully saturated rings. The standard InChI is InChI=1S/C19H19N3OS/c1-23-19-5-3-2-4-15(19)11-22-12-21-17-7-6-14(9-18(17)22)8-16-10-20-13-24-16/h2-9,12,20H,10-11,13H2,1H3. The number of hydrogen-bond acceptors (Lipinski definition) is 4. The Morgan fingerprint density at radius 2 is 2.21 bits per heavy atom. The lowest BCUT2D eigenvalue weighted by molar-refractivity contribution is 0.408. The van der Waals surface area contributed by atoms with Crippen molar-refractivity contribution in [3.8, 4) is 5.75 Å². The lowest BCUT2D eigenvalue weighted by Gasteiger charge is -2.10. The SMILES string of the molecule is COc1ccccc1Cn1cnc2ccc(C=C3CNCS3)cc21. The minimum Gasteiger partial charge on any atom is -0.496 e. The molecule has 0 bridgehead atoms. The molecular weight excluding hydrogens is 318 g/mol. The summed E-state index contributed by atoms with van der Waals surface area (Å²) in [6.45, 7) is 1.71. The fraction of sp³-hybridized carbons (Fsp3) is 0.211. The van der Waals surface area contributed by atoms with E-state index in [-0.39, 0.29) is 0 Å². The second-order valence-corrected chi connectivity index (χ2v) is 6.86. The summed E-state index contributed by atoms with van der Waals surface area (Å²) in [6, 6.07) is 14.6. The van der Waals surface area contributed by atoms with E-state index >= 15 is 0 Å². The molecule has 0 spiro atoms. The van der Waals surface area contributed by atoms with Crippen molar-refractivity contribution >= 4 is 28.9 Å². The van der Waals surface area contributed by atoms with Crippen LogP contribution in [-0.2, 0) is 6.54 Å². The van der Waals surface area contributed by atoms with Crippen LogP contribution >= 0.6 is 11.8 Å². The van der Waals surface area contributed by atoms with Crippen molar-refractivity contribution in [1.82, 2.24) is 14.9 Å². The van der Waals surface area contributed by atoms with Crippen molar-refractivity contribution in [2.24, 2.45) is 0 Å². The third-order valence-electron chi connectivity index (χ3n) is 4.16. The highest BCUT2D eigenvalue weighted by Gasteiger charge is 2.09. The Kier molecular flexibility index (Phi) is 4.28. The molecule has 2 aromatic carbocycles. The zero-order valence-corrected chi connectivity index (χ0v) is 14.3. The number of fused-ring (bicyclic) bond motifs is 1. The predicted octanol–water partition coefficient (Wildman–Crippen LogP) is 3.73. The van der Waals surface area contributed by atoms with E-state index in [1.165, 1.54) is 10.5 Å². The van der Waals surface area contributed by atoms with E-state index in [1.54, 1.807) is 7.11 Å². The van der Waals surface area contributed by atoms with Crippen LogP contribution in [0.15, 0.2) is 53.7 Å². The van der Waals surface area contributed by atoms with Crippen molar-refractivity contribution in [3.05, 3.63) is 64.8 Å². The normalized spacial score (nSPS) is 16.1. The Bertz CT molecular complexity index is 893. The average molecular weight is 337 g/mol. The summed E-state index contributed by atoms with van der Waals surface area (Å²) < 4.78 is 7.64. The van der Waals surface area contributed by atoms with Gasteiger partial charge in [-0.1, -0.05) is 24.3 Å². The number of ether oxygens (including phenoxy) is 1. The highest BCUT2D eigenvalue weighted by Crippen LogP contribution is 2.25. The molecule has 0 unspecified atom stereocenters. The topological polar surface area (TPSA) is 39.1 Å². The average Bonchev–Trinajstić information content (AvgIpc) is 3.26. The van der Waals surface area contributed by atoms with Gasteiger partial charge in [0.1, 0.15) is 5.75 Å². The molecule has 0 radical (unpaired) electrons. The van der Waals surface area contributed by atoms with E-state index < -0.39 is 0 Å². The summed E-state index contributed by atoms with van der Waals surface area (Å²) in [6.07, 6.45) is 4.16. The number of hydrogen-bond donors (Lipinski definition) is 1. The second-order valence-electron chi connectivity index (χ2n) is 5.76. The predicted molar refractivity (Wildman–Crippen MR) is 100 cm³/mol. The van der Waals surface area contributed by atoms with Gasteiger partial charge in [-0.05, 0) is 29.8 Å². The number of para-hydroxylation sites is 1. The van der Waals surface area contributed by atoms with Gasteiger partial charge in [-0.2, -0.15) is 0 Å². The molecule has 1 saturated heterocycles. The van der Waals surface area contributed by atoms with Gasteiger partial charge in [-0.15, -0.1) is 11.8 Å². The maximum Gasteiger partial charge on any atom is 0.123 e. The molecule has 2 heterocycles. The molecule has 0 atom stereocenters. The summed E-state index contributed by atoms with van der Waals surface area (Å²) in [5.74, 6) is 1.91. The minimum absolute atomic E-state index is 0.747. The maximum atomic E-state index is 5.47. The molecular formula is C19H19N3OS. The Labute approximate surface area is 145 Å². The van der Waals surface area contributed by atoms with Gasteiger partial charge < -0.3 is 14.6 Å². The van der Waals surface area contributed by atoms with Crippen LogP contribution in [0.2, 0.25) is 0 Å². The van der Waals surface area contributed by atoms with Gasteiger partial charge in [-0.25, -0.2) is 4.98 Å². The zero-order chi connectivity index (χ0) is 16.4. The first-order chi connectivity index (χ1) is 11.8. The van der Waals surface area contributed by atoms with Crippen molar-refractivity contribution in [3.63, 3.8) is 0 Å². The van der Waals surface area contributed by atoms with Crippen LogP contribution in [0.5, 0.6) is 5.75 Å². The fourth-order valence-electron chi connectivity index (χ4n) is 2.95. The lowest BCUT2D eigenvalue weighted by atomic mass is 10.1. The highest BCUT2D eigenvalue weighted by molar-refractivity contribution is 8.03. The molecule has 0 amide bonds. The monoisotopic (exact) mass is 337 g/mol. The third-order valence-corrected chi connectivity index (χ3v) is 5.15. The molecule has 24 heavy (non-hydrogen) atoms. The van der Waals surface area contributed by atoms with E-state index in [2.05, 4.69) is 45.2 Å². The largest absolute Gasteiger partial charge is 0.496 e. The molecule has 0 saturated carbocycles. The summed E-state index contributed by atoms with van der Waals surface area (Å²) in [5, 5.41) is 3.34. The number of imidazole rings is 1. The van der Waals surface area contributed by atoms with Crippen molar-refractivity contribution in [1.29, 1.82) is 0 Å². The summed E-state index contributed by atoms with van der Waals surface area (Å²) in [5.41, 5.74) is 4.53. The quantitative estimate of drug-likeness (QED) is 0.787.